The smallest absolute Gasteiger partial charge is 0.410 e. The van der Waals surface area contributed by atoms with Crippen LogP contribution in [0.4, 0.5) is 10.5 Å². The highest BCUT2D eigenvalue weighted by atomic mass is 16.6. The summed E-state index contributed by atoms with van der Waals surface area (Å²) in [6.45, 7) is 7.43. The minimum absolute atomic E-state index is 0.0784. The quantitative estimate of drug-likeness (QED) is 0.602. The molecule has 0 spiro atoms. The van der Waals surface area contributed by atoms with Gasteiger partial charge < -0.3 is 14.4 Å². The summed E-state index contributed by atoms with van der Waals surface area (Å²) >= 11 is 0. The third-order valence-corrected chi connectivity index (χ3v) is 3.86. The number of benzene rings is 1. The van der Waals surface area contributed by atoms with E-state index in [4.69, 9.17) is 9.47 Å². The molecule has 2 rings (SSSR count). The van der Waals surface area contributed by atoms with Crippen molar-refractivity contribution in [1.29, 1.82) is 0 Å². The number of hydrogen-bond donors (Lipinski definition) is 0. The lowest BCUT2D eigenvalue weighted by molar-refractivity contribution is -0.385. The van der Waals surface area contributed by atoms with Crippen LogP contribution in [0, 0.1) is 10.1 Å². The molecule has 1 aliphatic heterocycles. The molecule has 142 valence electrons. The SMILES string of the molecule is CC(=O)COc1cc2c(cc1[N+](=O)[O-])CCN(C(=O)OC(C)(C)C)CC2. The highest BCUT2D eigenvalue weighted by Gasteiger charge is 2.26. The number of carbonyl (C=O) groups is 2. The molecule has 0 bridgehead atoms. The van der Waals surface area contributed by atoms with Crippen molar-refractivity contribution >= 4 is 17.6 Å². The van der Waals surface area contributed by atoms with Crippen LogP contribution in [0.2, 0.25) is 0 Å². The van der Waals surface area contributed by atoms with E-state index in [0.717, 1.165) is 11.1 Å². The molecule has 0 unspecified atom stereocenters. The molecule has 1 amide bonds. The average Bonchev–Trinajstić information content (AvgIpc) is 2.72. The fourth-order valence-corrected chi connectivity index (χ4v) is 2.69. The van der Waals surface area contributed by atoms with Gasteiger partial charge in [0.15, 0.2) is 11.5 Å². The van der Waals surface area contributed by atoms with Gasteiger partial charge in [-0.05, 0) is 57.7 Å². The first-order chi connectivity index (χ1) is 12.1. The van der Waals surface area contributed by atoms with Gasteiger partial charge in [-0.25, -0.2) is 4.79 Å². The highest BCUT2D eigenvalue weighted by Crippen LogP contribution is 2.32. The molecule has 0 atom stereocenters. The first-order valence-electron chi connectivity index (χ1n) is 8.47. The molecule has 0 saturated heterocycles. The third kappa shape index (κ3) is 5.18. The number of nitro benzene ring substituents is 1. The molecule has 0 N–H and O–H groups in total. The van der Waals surface area contributed by atoms with E-state index in [1.165, 1.54) is 13.0 Å². The molecule has 0 saturated carbocycles. The molecular weight excluding hydrogens is 340 g/mol. The Bertz CT molecular complexity index is 723. The Morgan fingerprint density at radius 2 is 1.77 bits per heavy atom. The lowest BCUT2D eigenvalue weighted by Crippen LogP contribution is -2.38. The van der Waals surface area contributed by atoms with Crippen molar-refractivity contribution in [3.8, 4) is 5.75 Å². The molecule has 8 heteroatoms. The fraction of sp³-hybridized carbons (Fsp3) is 0.556. The normalized spacial score (nSPS) is 14.2. The number of hydrogen-bond acceptors (Lipinski definition) is 6. The summed E-state index contributed by atoms with van der Waals surface area (Å²) in [5.41, 5.74) is 0.928. The van der Waals surface area contributed by atoms with Crippen molar-refractivity contribution in [3.63, 3.8) is 0 Å². The standard InChI is InChI=1S/C18H24N2O6/c1-12(21)11-25-16-10-14-6-8-19(17(22)26-18(2,3)4)7-5-13(14)9-15(16)20(23)24/h9-10H,5-8,11H2,1-4H3. The van der Waals surface area contributed by atoms with E-state index in [1.54, 1.807) is 31.7 Å². The van der Waals surface area contributed by atoms with Crippen molar-refractivity contribution in [1.82, 2.24) is 4.90 Å². The predicted molar refractivity (Wildman–Crippen MR) is 94.5 cm³/mol. The molecular formula is C18H24N2O6. The summed E-state index contributed by atoms with van der Waals surface area (Å²) in [6, 6.07) is 3.08. The van der Waals surface area contributed by atoms with Crippen LogP contribution in [0.5, 0.6) is 5.75 Å². The van der Waals surface area contributed by atoms with Gasteiger partial charge in [0.25, 0.3) is 0 Å². The largest absolute Gasteiger partial charge is 0.479 e. The van der Waals surface area contributed by atoms with Crippen LogP contribution >= 0.6 is 0 Å². The van der Waals surface area contributed by atoms with Gasteiger partial charge in [0, 0.05) is 19.2 Å². The zero-order valence-corrected chi connectivity index (χ0v) is 15.5. The van der Waals surface area contributed by atoms with Crippen molar-refractivity contribution in [2.45, 2.75) is 46.1 Å². The minimum atomic E-state index is -0.581. The first-order valence-corrected chi connectivity index (χ1v) is 8.47. The van der Waals surface area contributed by atoms with E-state index in [0.29, 0.717) is 25.9 Å². The molecule has 0 fully saturated rings. The number of amides is 1. The molecule has 1 aromatic rings. The zero-order valence-electron chi connectivity index (χ0n) is 15.5. The maximum atomic E-state index is 12.3. The van der Waals surface area contributed by atoms with Crippen LogP contribution in [-0.4, -0.2) is 47.0 Å². The Kier molecular flexibility index (Phi) is 5.84. The van der Waals surface area contributed by atoms with E-state index in [-0.39, 0.29) is 23.8 Å². The van der Waals surface area contributed by atoms with E-state index < -0.39 is 16.6 Å². The number of nitro groups is 1. The average molecular weight is 364 g/mol. The molecule has 8 nitrogen and oxygen atoms in total. The third-order valence-electron chi connectivity index (χ3n) is 3.86. The van der Waals surface area contributed by atoms with Gasteiger partial charge in [0.1, 0.15) is 12.2 Å². The summed E-state index contributed by atoms with van der Waals surface area (Å²) < 4.78 is 10.7. The van der Waals surface area contributed by atoms with Crippen LogP contribution in [0.3, 0.4) is 0 Å². The van der Waals surface area contributed by atoms with Crippen LogP contribution in [0.1, 0.15) is 38.8 Å². The van der Waals surface area contributed by atoms with Gasteiger partial charge >= 0.3 is 11.8 Å². The van der Waals surface area contributed by atoms with Crippen molar-refractivity contribution in [2.75, 3.05) is 19.7 Å². The Morgan fingerprint density at radius 3 is 2.27 bits per heavy atom. The number of fused-ring (bicyclic) bond motifs is 1. The lowest BCUT2D eigenvalue weighted by Gasteiger charge is -2.26. The second-order valence-electron chi connectivity index (χ2n) is 7.30. The Hall–Kier alpha value is -2.64. The summed E-state index contributed by atoms with van der Waals surface area (Å²) in [5.74, 6) is -0.139. The molecule has 26 heavy (non-hydrogen) atoms. The van der Waals surface area contributed by atoms with Crippen molar-refractivity contribution in [3.05, 3.63) is 33.4 Å². The number of carbonyl (C=O) groups excluding carboxylic acids is 2. The molecule has 1 aromatic carbocycles. The fourth-order valence-electron chi connectivity index (χ4n) is 2.69. The van der Waals surface area contributed by atoms with E-state index in [9.17, 15) is 19.7 Å². The van der Waals surface area contributed by atoms with Gasteiger partial charge in [-0.3, -0.25) is 14.9 Å². The molecule has 1 aliphatic rings. The summed E-state index contributed by atoms with van der Waals surface area (Å²) in [6.07, 6.45) is 0.624. The van der Waals surface area contributed by atoms with E-state index in [1.807, 2.05) is 0 Å². The van der Waals surface area contributed by atoms with Crippen LogP contribution in [0.15, 0.2) is 12.1 Å². The summed E-state index contributed by atoms with van der Waals surface area (Å²) in [4.78, 5) is 35.8. The van der Waals surface area contributed by atoms with Crippen LogP contribution < -0.4 is 4.74 Å². The first kappa shape index (κ1) is 19.7. The zero-order chi connectivity index (χ0) is 19.5. The van der Waals surface area contributed by atoms with Crippen LogP contribution in [0.25, 0.3) is 0 Å². The molecule has 0 aliphatic carbocycles. The minimum Gasteiger partial charge on any atom is -0.479 e. The van der Waals surface area contributed by atoms with E-state index in [2.05, 4.69) is 0 Å². The second kappa shape index (κ2) is 7.72. The predicted octanol–water partition coefficient (Wildman–Crippen LogP) is 2.90. The van der Waals surface area contributed by atoms with Gasteiger partial charge in [0.2, 0.25) is 0 Å². The maximum absolute atomic E-state index is 12.3. The molecule has 0 radical (unpaired) electrons. The lowest BCUT2D eigenvalue weighted by atomic mass is 10.0. The van der Waals surface area contributed by atoms with Gasteiger partial charge in [-0.2, -0.15) is 0 Å². The number of nitrogens with zero attached hydrogens (tertiary/aromatic N) is 2. The highest BCUT2D eigenvalue weighted by molar-refractivity contribution is 5.77. The number of ketones is 1. The van der Waals surface area contributed by atoms with Crippen molar-refractivity contribution in [2.24, 2.45) is 0 Å². The van der Waals surface area contributed by atoms with Gasteiger partial charge in [-0.15, -0.1) is 0 Å². The Morgan fingerprint density at radius 1 is 1.19 bits per heavy atom. The monoisotopic (exact) mass is 364 g/mol. The topological polar surface area (TPSA) is 99.0 Å². The van der Waals surface area contributed by atoms with Crippen molar-refractivity contribution < 1.29 is 24.0 Å². The number of ether oxygens (including phenoxy) is 2. The Labute approximate surface area is 152 Å². The molecule has 1 heterocycles. The second-order valence-corrected chi connectivity index (χ2v) is 7.30. The number of Topliss-reactive ketones (excluding diaryl/α,β-unsaturated/α-hetero) is 1. The summed E-state index contributed by atoms with van der Waals surface area (Å²) in [5, 5.41) is 11.3. The Balaban J connectivity index is 2.22. The number of rotatable bonds is 4. The molecule has 0 aromatic heterocycles. The van der Waals surface area contributed by atoms with Crippen LogP contribution in [-0.2, 0) is 22.4 Å². The summed E-state index contributed by atoms with van der Waals surface area (Å²) in [7, 11) is 0. The van der Waals surface area contributed by atoms with E-state index >= 15 is 0 Å². The van der Waals surface area contributed by atoms with Gasteiger partial charge in [0.05, 0.1) is 4.92 Å². The maximum Gasteiger partial charge on any atom is 0.410 e. The van der Waals surface area contributed by atoms with Gasteiger partial charge in [-0.1, -0.05) is 0 Å².